The van der Waals surface area contributed by atoms with E-state index in [1.165, 1.54) is 0 Å². The number of rotatable bonds is 25. The third-order valence-electron chi connectivity index (χ3n) is 5.69. The van der Waals surface area contributed by atoms with Crippen molar-refractivity contribution in [3.05, 3.63) is 0 Å². The van der Waals surface area contributed by atoms with Crippen molar-refractivity contribution in [1.82, 2.24) is 0 Å². The molecule has 0 aliphatic rings. The summed E-state index contributed by atoms with van der Waals surface area (Å²) in [5.74, 6) is -1.16. The number of carbonyl (C=O) groups is 2. The lowest BCUT2D eigenvalue weighted by molar-refractivity contribution is -0.870. The van der Waals surface area contributed by atoms with Crippen LogP contribution in [0.2, 0.25) is 0 Å². The van der Waals surface area contributed by atoms with Crippen molar-refractivity contribution in [2.75, 3.05) is 53.3 Å². The number of phosphoric ester groups is 1. The summed E-state index contributed by atoms with van der Waals surface area (Å²) in [6.07, 6.45) is 8.13. The quantitative estimate of drug-likeness (QED) is 0.0503. The van der Waals surface area contributed by atoms with Crippen LogP contribution < -0.4 is 0 Å². The van der Waals surface area contributed by atoms with Gasteiger partial charge in [0.1, 0.15) is 19.8 Å². The number of hydrogen-bond acceptors (Lipinski definition) is 9. The molecule has 0 aliphatic carbocycles. The minimum atomic E-state index is -4.38. The standard InChI is InChI=1S/C25H50NO11PS/c1-5-6-13-16-24(27)34-21-23(22-36-38(29,30)35-19-18-26(2,3)4)37-25(28)17-14-11-9-7-8-10-12-15-20-39(31,32)33/h23H,5-22H2,1-4H3,(H-,29,30,31,32,33)/p+1. The molecule has 232 valence electrons. The molecule has 2 N–H and O–H groups in total. The summed E-state index contributed by atoms with van der Waals surface area (Å²) in [7, 11) is -2.54. The predicted octanol–water partition coefficient (Wildman–Crippen LogP) is 4.26. The first-order valence-electron chi connectivity index (χ1n) is 13.9. The van der Waals surface area contributed by atoms with Gasteiger partial charge in [0.2, 0.25) is 0 Å². The Morgan fingerprint density at radius 2 is 1.36 bits per heavy atom. The Labute approximate surface area is 234 Å². The number of esters is 2. The summed E-state index contributed by atoms with van der Waals surface area (Å²) in [5.41, 5.74) is 0. The van der Waals surface area contributed by atoms with Gasteiger partial charge in [0.05, 0.1) is 33.5 Å². The number of phosphoric acid groups is 1. The van der Waals surface area contributed by atoms with Gasteiger partial charge in [0, 0.05) is 12.8 Å². The lowest BCUT2D eigenvalue weighted by Crippen LogP contribution is -2.37. The summed E-state index contributed by atoms with van der Waals surface area (Å²) in [6.45, 7) is 1.76. The van der Waals surface area contributed by atoms with Crippen molar-refractivity contribution in [2.24, 2.45) is 0 Å². The highest BCUT2D eigenvalue weighted by atomic mass is 32.2. The molecule has 0 aliphatic heterocycles. The number of unbranched alkanes of at least 4 members (excludes halogenated alkanes) is 9. The molecule has 0 spiro atoms. The largest absolute Gasteiger partial charge is 0.472 e. The molecule has 2 atom stereocenters. The first-order valence-corrected chi connectivity index (χ1v) is 17.0. The lowest BCUT2D eigenvalue weighted by Gasteiger charge is -2.24. The third kappa shape index (κ3) is 26.9. The molecule has 39 heavy (non-hydrogen) atoms. The number of likely N-dealkylation sites (N-methyl/N-ethyl adjacent to an activating group) is 1. The summed E-state index contributed by atoms with van der Waals surface area (Å²) in [6, 6.07) is 0. The first-order chi connectivity index (χ1) is 18.1. The van der Waals surface area contributed by atoms with Crippen LogP contribution in [0.15, 0.2) is 0 Å². The zero-order chi connectivity index (χ0) is 29.8. The minimum Gasteiger partial charge on any atom is -0.462 e. The van der Waals surface area contributed by atoms with Crippen LogP contribution in [0, 0.1) is 0 Å². The smallest absolute Gasteiger partial charge is 0.462 e. The summed E-state index contributed by atoms with van der Waals surface area (Å²) >= 11 is 0. The van der Waals surface area contributed by atoms with Gasteiger partial charge in [-0.3, -0.25) is 23.2 Å². The Balaban J connectivity index is 4.46. The Bertz CT molecular complexity index is 830. The highest BCUT2D eigenvalue weighted by Crippen LogP contribution is 2.43. The van der Waals surface area contributed by atoms with Crippen LogP contribution >= 0.6 is 7.82 Å². The number of nitrogens with zero attached hydrogens (tertiary/aromatic N) is 1. The molecule has 0 aromatic carbocycles. The van der Waals surface area contributed by atoms with Gasteiger partial charge in [0.15, 0.2) is 6.10 Å². The fourth-order valence-electron chi connectivity index (χ4n) is 3.40. The highest BCUT2D eigenvalue weighted by molar-refractivity contribution is 7.85. The normalized spacial score (nSPS) is 14.5. The van der Waals surface area contributed by atoms with Gasteiger partial charge in [-0.05, 0) is 19.3 Å². The minimum absolute atomic E-state index is 0.00127. The molecule has 2 unspecified atom stereocenters. The van der Waals surface area contributed by atoms with Gasteiger partial charge in [-0.2, -0.15) is 8.42 Å². The molecular formula is C25H51NO11PS+. The van der Waals surface area contributed by atoms with Crippen LogP contribution in [0.25, 0.3) is 0 Å². The summed E-state index contributed by atoms with van der Waals surface area (Å²) < 4.78 is 63.4. The van der Waals surface area contributed by atoms with Gasteiger partial charge >= 0.3 is 19.8 Å². The number of quaternary nitrogens is 1. The van der Waals surface area contributed by atoms with Crippen LogP contribution in [-0.2, 0) is 42.8 Å². The van der Waals surface area contributed by atoms with E-state index in [4.69, 9.17) is 23.1 Å². The van der Waals surface area contributed by atoms with Crippen molar-refractivity contribution in [3.8, 4) is 0 Å². The van der Waals surface area contributed by atoms with E-state index in [9.17, 15) is 27.5 Å². The van der Waals surface area contributed by atoms with Crippen LogP contribution in [0.3, 0.4) is 0 Å². The zero-order valence-electron chi connectivity index (χ0n) is 24.2. The van der Waals surface area contributed by atoms with E-state index in [1.807, 2.05) is 28.1 Å². The maximum atomic E-state index is 12.4. The van der Waals surface area contributed by atoms with Crippen molar-refractivity contribution < 1.29 is 55.0 Å². The molecule has 0 fully saturated rings. The second kappa shape index (κ2) is 20.7. The highest BCUT2D eigenvalue weighted by Gasteiger charge is 2.27. The average molecular weight is 605 g/mol. The zero-order valence-corrected chi connectivity index (χ0v) is 25.9. The molecule has 0 aromatic rings. The molecule has 0 amide bonds. The third-order valence-corrected chi connectivity index (χ3v) is 7.47. The van der Waals surface area contributed by atoms with Crippen molar-refractivity contribution >= 4 is 29.9 Å². The summed E-state index contributed by atoms with van der Waals surface area (Å²) in [4.78, 5) is 34.3. The van der Waals surface area contributed by atoms with Crippen LogP contribution in [0.5, 0.6) is 0 Å². The molecule has 0 aromatic heterocycles. The van der Waals surface area contributed by atoms with Crippen LogP contribution in [0.4, 0.5) is 0 Å². The Kier molecular flexibility index (Phi) is 20.2. The molecule has 0 saturated carbocycles. The fourth-order valence-corrected chi connectivity index (χ4v) is 4.71. The van der Waals surface area contributed by atoms with Crippen LogP contribution in [0.1, 0.15) is 90.4 Å². The van der Waals surface area contributed by atoms with E-state index in [0.717, 1.165) is 51.4 Å². The van der Waals surface area contributed by atoms with Gasteiger partial charge < -0.3 is 18.9 Å². The van der Waals surface area contributed by atoms with E-state index < -0.39 is 42.6 Å². The summed E-state index contributed by atoms with van der Waals surface area (Å²) in [5, 5.41) is 0. The molecule has 14 heteroatoms. The Hall–Kier alpha value is -1.08. The molecular weight excluding hydrogens is 553 g/mol. The van der Waals surface area contributed by atoms with Gasteiger partial charge in [-0.1, -0.05) is 58.3 Å². The van der Waals surface area contributed by atoms with E-state index >= 15 is 0 Å². The van der Waals surface area contributed by atoms with Gasteiger partial charge in [-0.15, -0.1) is 0 Å². The van der Waals surface area contributed by atoms with Crippen LogP contribution in [-0.4, -0.2) is 93.7 Å². The Morgan fingerprint density at radius 1 is 0.821 bits per heavy atom. The predicted molar refractivity (Wildman–Crippen MR) is 148 cm³/mol. The lowest BCUT2D eigenvalue weighted by atomic mass is 10.1. The van der Waals surface area contributed by atoms with E-state index in [2.05, 4.69) is 0 Å². The Morgan fingerprint density at radius 3 is 1.92 bits per heavy atom. The number of hydrogen-bond donors (Lipinski definition) is 2. The number of carbonyl (C=O) groups excluding carboxylic acids is 2. The molecule has 0 saturated heterocycles. The molecule has 12 nitrogen and oxygen atoms in total. The van der Waals surface area contributed by atoms with E-state index in [1.54, 1.807) is 0 Å². The number of ether oxygens (including phenoxy) is 2. The van der Waals surface area contributed by atoms with Gasteiger partial charge in [0.25, 0.3) is 10.1 Å². The SMILES string of the molecule is CCCCCC(=O)OCC(COP(=O)(O)OCC[N+](C)(C)C)OC(=O)CCCCCCCCCCS(=O)(=O)O. The van der Waals surface area contributed by atoms with Crippen molar-refractivity contribution in [2.45, 2.75) is 96.5 Å². The maximum absolute atomic E-state index is 12.4. The monoisotopic (exact) mass is 604 g/mol. The molecule has 0 radical (unpaired) electrons. The molecule has 0 heterocycles. The second-order valence-electron chi connectivity index (χ2n) is 10.7. The maximum Gasteiger partial charge on any atom is 0.472 e. The van der Waals surface area contributed by atoms with E-state index in [0.29, 0.717) is 30.3 Å². The molecule has 0 bridgehead atoms. The van der Waals surface area contributed by atoms with Crippen molar-refractivity contribution in [3.63, 3.8) is 0 Å². The van der Waals surface area contributed by atoms with E-state index in [-0.39, 0.29) is 31.8 Å². The fraction of sp³-hybridized carbons (Fsp3) is 0.920. The topological polar surface area (TPSA) is 163 Å². The molecule has 0 rings (SSSR count). The van der Waals surface area contributed by atoms with Gasteiger partial charge in [-0.25, -0.2) is 4.57 Å². The van der Waals surface area contributed by atoms with Crippen molar-refractivity contribution in [1.29, 1.82) is 0 Å². The average Bonchev–Trinajstić information content (AvgIpc) is 2.80. The first kappa shape index (κ1) is 37.9. The second-order valence-corrected chi connectivity index (χ2v) is 13.8.